The van der Waals surface area contributed by atoms with Crippen LogP contribution in [-0.2, 0) is 4.79 Å². The van der Waals surface area contributed by atoms with Crippen molar-refractivity contribution in [2.24, 2.45) is 0 Å². The molecule has 0 saturated heterocycles. The molecular formula is C15H22N2O3. The topological polar surface area (TPSA) is 69.6 Å². The van der Waals surface area contributed by atoms with Crippen LogP contribution in [0, 0.1) is 0 Å². The Balaban J connectivity index is 2.86. The van der Waals surface area contributed by atoms with Crippen molar-refractivity contribution in [3.63, 3.8) is 0 Å². The van der Waals surface area contributed by atoms with Gasteiger partial charge < -0.3 is 15.3 Å². The van der Waals surface area contributed by atoms with Crippen molar-refractivity contribution in [3.8, 4) is 0 Å². The minimum absolute atomic E-state index is 0.0743. The van der Waals surface area contributed by atoms with Gasteiger partial charge >= 0.3 is 12.0 Å². The van der Waals surface area contributed by atoms with Crippen LogP contribution in [0.15, 0.2) is 30.3 Å². The molecule has 5 heteroatoms. The molecule has 1 rings (SSSR count). The number of nitrogens with one attached hydrogen (secondary N) is 1. The first-order valence-corrected chi connectivity index (χ1v) is 6.86. The SMILES string of the molecule is CCC(C)N(CC)C(=O)N[C@@H](C(=O)O)c1ccccc1. The molecule has 0 spiro atoms. The second-order valence-corrected chi connectivity index (χ2v) is 4.67. The molecule has 0 radical (unpaired) electrons. The third-order valence-electron chi connectivity index (χ3n) is 3.37. The number of aliphatic carboxylic acids is 1. The van der Waals surface area contributed by atoms with Crippen molar-refractivity contribution in [2.45, 2.75) is 39.3 Å². The van der Waals surface area contributed by atoms with E-state index < -0.39 is 12.0 Å². The van der Waals surface area contributed by atoms with Crippen LogP contribution in [0.25, 0.3) is 0 Å². The van der Waals surface area contributed by atoms with E-state index in [4.69, 9.17) is 0 Å². The Morgan fingerprint density at radius 1 is 1.25 bits per heavy atom. The highest BCUT2D eigenvalue weighted by molar-refractivity contribution is 5.83. The summed E-state index contributed by atoms with van der Waals surface area (Å²) in [5, 5.41) is 11.9. The summed E-state index contributed by atoms with van der Waals surface area (Å²) in [7, 11) is 0. The molecule has 0 aliphatic rings. The van der Waals surface area contributed by atoms with Gasteiger partial charge in [0, 0.05) is 12.6 Å². The molecule has 0 fully saturated rings. The number of hydrogen-bond acceptors (Lipinski definition) is 2. The molecule has 1 aromatic carbocycles. The van der Waals surface area contributed by atoms with Crippen LogP contribution in [0.5, 0.6) is 0 Å². The number of nitrogens with zero attached hydrogens (tertiary/aromatic N) is 1. The number of amides is 2. The highest BCUT2D eigenvalue weighted by atomic mass is 16.4. The minimum atomic E-state index is -1.07. The van der Waals surface area contributed by atoms with E-state index in [0.29, 0.717) is 12.1 Å². The van der Waals surface area contributed by atoms with E-state index in [0.717, 1.165) is 6.42 Å². The molecule has 0 saturated carbocycles. The van der Waals surface area contributed by atoms with E-state index >= 15 is 0 Å². The van der Waals surface area contributed by atoms with E-state index in [2.05, 4.69) is 5.32 Å². The molecule has 0 aliphatic heterocycles. The number of carbonyl (C=O) groups excluding carboxylic acids is 1. The number of carboxylic acids is 1. The Labute approximate surface area is 119 Å². The normalized spacial score (nSPS) is 13.3. The predicted molar refractivity (Wildman–Crippen MR) is 77.5 cm³/mol. The van der Waals surface area contributed by atoms with Gasteiger partial charge in [-0.05, 0) is 25.8 Å². The Morgan fingerprint density at radius 3 is 2.30 bits per heavy atom. The van der Waals surface area contributed by atoms with Gasteiger partial charge in [-0.25, -0.2) is 9.59 Å². The minimum Gasteiger partial charge on any atom is -0.479 e. The molecule has 110 valence electrons. The first-order valence-electron chi connectivity index (χ1n) is 6.86. The van der Waals surface area contributed by atoms with Gasteiger partial charge in [0.1, 0.15) is 0 Å². The summed E-state index contributed by atoms with van der Waals surface area (Å²) >= 11 is 0. The average molecular weight is 278 g/mol. The van der Waals surface area contributed by atoms with E-state index in [1.807, 2.05) is 26.8 Å². The van der Waals surface area contributed by atoms with Gasteiger partial charge in [0.25, 0.3) is 0 Å². The fourth-order valence-corrected chi connectivity index (χ4v) is 2.02. The lowest BCUT2D eigenvalue weighted by Gasteiger charge is -2.29. The summed E-state index contributed by atoms with van der Waals surface area (Å²) in [6.45, 7) is 6.36. The van der Waals surface area contributed by atoms with Gasteiger partial charge in [-0.15, -0.1) is 0 Å². The molecule has 0 aromatic heterocycles. The van der Waals surface area contributed by atoms with Crippen LogP contribution in [0.2, 0.25) is 0 Å². The smallest absolute Gasteiger partial charge is 0.330 e. The third-order valence-corrected chi connectivity index (χ3v) is 3.37. The van der Waals surface area contributed by atoms with E-state index in [9.17, 15) is 14.7 Å². The predicted octanol–water partition coefficient (Wildman–Crippen LogP) is 2.64. The quantitative estimate of drug-likeness (QED) is 0.840. The fraction of sp³-hybridized carbons (Fsp3) is 0.467. The number of urea groups is 1. The van der Waals surface area contributed by atoms with Crippen LogP contribution in [0.4, 0.5) is 4.79 Å². The van der Waals surface area contributed by atoms with Crippen molar-refractivity contribution >= 4 is 12.0 Å². The first kappa shape index (κ1) is 16.0. The number of rotatable bonds is 6. The van der Waals surface area contributed by atoms with Crippen LogP contribution in [-0.4, -0.2) is 34.6 Å². The lowest BCUT2D eigenvalue weighted by molar-refractivity contribution is -0.139. The van der Waals surface area contributed by atoms with E-state index in [1.165, 1.54) is 0 Å². The molecule has 5 nitrogen and oxygen atoms in total. The highest BCUT2D eigenvalue weighted by Crippen LogP contribution is 2.14. The van der Waals surface area contributed by atoms with Crippen LogP contribution in [0.3, 0.4) is 0 Å². The second kappa shape index (κ2) is 7.53. The molecule has 0 heterocycles. The molecule has 0 aliphatic carbocycles. The van der Waals surface area contributed by atoms with Crippen LogP contribution in [0.1, 0.15) is 38.8 Å². The zero-order valence-corrected chi connectivity index (χ0v) is 12.2. The zero-order valence-electron chi connectivity index (χ0n) is 12.2. The largest absolute Gasteiger partial charge is 0.479 e. The maximum Gasteiger partial charge on any atom is 0.330 e. The van der Waals surface area contributed by atoms with Crippen molar-refractivity contribution in [1.29, 1.82) is 0 Å². The molecule has 2 amide bonds. The molecule has 2 atom stereocenters. The Morgan fingerprint density at radius 2 is 1.85 bits per heavy atom. The Kier molecular flexibility index (Phi) is 6.03. The lowest BCUT2D eigenvalue weighted by Crippen LogP contribution is -2.47. The molecule has 2 N–H and O–H groups in total. The standard InChI is InChI=1S/C15H22N2O3/c1-4-11(3)17(5-2)15(20)16-13(14(18)19)12-9-7-6-8-10-12/h6-11,13H,4-5H2,1-3H3,(H,16,20)(H,18,19)/t11?,13-/m1/s1. The Hall–Kier alpha value is -2.04. The molecule has 1 aromatic rings. The van der Waals surface area contributed by atoms with Gasteiger partial charge in [0.2, 0.25) is 0 Å². The molecule has 20 heavy (non-hydrogen) atoms. The summed E-state index contributed by atoms with van der Waals surface area (Å²) in [4.78, 5) is 25.2. The Bertz CT molecular complexity index is 448. The third kappa shape index (κ3) is 3.98. The zero-order chi connectivity index (χ0) is 15.1. The summed E-state index contributed by atoms with van der Waals surface area (Å²) in [5.74, 6) is -1.07. The number of hydrogen-bond donors (Lipinski definition) is 2. The van der Waals surface area contributed by atoms with Crippen LogP contribution >= 0.6 is 0 Å². The maximum absolute atomic E-state index is 12.2. The lowest BCUT2D eigenvalue weighted by atomic mass is 10.1. The summed E-state index contributed by atoms with van der Waals surface area (Å²) < 4.78 is 0. The second-order valence-electron chi connectivity index (χ2n) is 4.67. The highest BCUT2D eigenvalue weighted by Gasteiger charge is 2.25. The van der Waals surface area contributed by atoms with Crippen molar-refractivity contribution < 1.29 is 14.7 Å². The van der Waals surface area contributed by atoms with Crippen molar-refractivity contribution in [3.05, 3.63) is 35.9 Å². The molecule has 0 bridgehead atoms. The fourth-order valence-electron chi connectivity index (χ4n) is 2.02. The van der Waals surface area contributed by atoms with E-state index in [-0.39, 0.29) is 12.1 Å². The summed E-state index contributed by atoms with van der Waals surface area (Å²) in [6.07, 6.45) is 0.824. The monoisotopic (exact) mass is 278 g/mol. The van der Waals surface area contributed by atoms with Crippen LogP contribution < -0.4 is 5.32 Å². The van der Waals surface area contributed by atoms with Gasteiger partial charge in [-0.1, -0.05) is 37.3 Å². The summed E-state index contributed by atoms with van der Waals surface area (Å²) in [5.41, 5.74) is 0.563. The average Bonchev–Trinajstić information content (AvgIpc) is 2.45. The number of carboxylic acid groups (broad SMARTS) is 1. The first-order chi connectivity index (χ1) is 9.51. The van der Waals surface area contributed by atoms with Crippen molar-refractivity contribution in [1.82, 2.24) is 10.2 Å². The van der Waals surface area contributed by atoms with Gasteiger partial charge in [0.05, 0.1) is 0 Å². The van der Waals surface area contributed by atoms with Gasteiger partial charge in [-0.2, -0.15) is 0 Å². The van der Waals surface area contributed by atoms with Gasteiger partial charge in [0.15, 0.2) is 6.04 Å². The summed E-state index contributed by atoms with van der Waals surface area (Å²) in [6, 6.07) is 7.40. The van der Waals surface area contributed by atoms with Crippen molar-refractivity contribution in [2.75, 3.05) is 6.54 Å². The molecule has 1 unspecified atom stereocenters. The number of carbonyl (C=O) groups is 2. The maximum atomic E-state index is 12.2. The molecular weight excluding hydrogens is 256 g/mol. The van der Waals surface area contributed by atoms with Gasteiger partial charge in [-0.3, -0.25) is 0 Å². The van der Waals surface area contributed by atoms with E-state index in [1.54, 1.807) is 29.2 Å². The number of benzene rings is 1.